The van der Waals surface area contributed by atoms with E-state index in [4.69, 9.17) is 19.2 Å². The van der Waals surface area contributed by atoms with Gasteiger partial charge in [-0.05, 0) is 63.9 Å². The van der Waals surface area contributed by atoms with Crippen LogP contribution in [0.5, 0.6) is 5.75 Å². The van der Waals surface area contributed by atoms with Crippen molar-refractivity contribution < 1.29 is 19.0 Å². The molecule has 0 radical (unpaired) electrons. The minimum Gasteiger partial charge on any atom is -0.497 e. The highest BCUT2D eigenvalue weighted by Crippen LogP contribution is 2.38. The normalized spacial score (nSPS) is 12.7. The van der Waals surface area contributed by atoms with Crippen LogP contribution in [0.1, 0.15) is 30.7 Å². The summed E-state index contributed by atoms with van der Waals surface area (Å²) < 4.78 is 18.1. The fourth-order valence-corrected chi connectivity index (χ4v) is 4.35. The highest BCUT2D eigenvalue weighted by molar-refractivity contribution is 5.88. The van der Waals surface area contributed by atoms with Gasteiger partial charge in [0.2, 0.25) is 0 Å². The number of amides is 2. The van der Waals surface area contributed by atoms with Crippen molar-refractivity contribution >= 4 is 23.4 Å². The molecule has 3 aromatic rings. The second-order valence-corrected chi connectivity index (χ2v) is 8.46. The van der Waals surface area contributed by atoms with E-state index in [1.807, 2.05) is 45.2 Å². The number of rotatable bonds is 10. The molecular weight excluding hydrogens is 460 g/mol. The number of carbonyl (C=O) groups is 1. The number of anilines is 3. The SMILES string of the molecule is CCOC(CNC(=O)Nc1ccn(-c2cc(C)nc3c2CCN3c2ccc(OC)cc2C)n1)OCC. The van der Waals surface area contributed by atoms with Crippen LogP contribution in [0.25, 0.3) is 5.69 Å². The van der Waals surface area contributed by atoms with E-state index in [2.05, 4.69) is 33.6 Å². The Labute approximate surface area is 211 Å². The molecule has 0 saturated heterocycles. The number of aromatic nitrogens is 3. The Bertz CT molecular complexity index is 1210. The number of hydrogen-bond donors (Lipinski definition) is 2. The van der Waals surface area contributed by atoms with E-state index in [1.54, 1.807) is 17.9 Å². The van der Waals surface area contributed by atoms with Crippen molar-refractivity contribution in [2.24, 2.45) is 0 Å². The second-order valence-electron chi connectivity index (χ2n) is 8.46. The van der Waals surface area contributed by atoms with Crippen LogP contribution in [0.2, 0.25) is 0 Å². The molecule has 3 heterocycles. The van der Waals surface area contributed by atoms with Gasteiger partial charge in [0.15, 0.2) is 12.1 Å². The van der Waals surface area contributed by atoms with E-state index < -0.39 is 6.29 Å². The van der Waals surface area contributed by atoms with E-state index in [9.17, 15) is 4.79 Å². The van der Waals surface area contributed by atoms with Crippen molar-refractivity contribution in [3.05, 3.63) is 53.3 Å². The van der Waals surface area contributed by atoms with Gasteiger partial charge in [-0.15, -0.1) is 5.10 Å². The lowest BCUT2D eigenvalue weighted by Crippen LogP contribution is -2.37. The number of ether oxygens (including phenoxy) is 3. The van der Waals surface area contributed by atoms with E-state index in [0.717, 1.165) is 52.7 Å². The van der Waals surface area contributed by atoms with Crippen LogP contribution in [0.15, 0.2) is 36.5 Å². The summed E-state index contributed by atoms with van der Waals surface area (Å²) in [6.45, 7) is 9.89. The molecule has 0 saturated carbocycles. The Kier molecular flexibility index (Phi) is 8.07. The van der Waals surface area contributed by atoms with Gasteiger partial charge < -0.3 is 24.4 Å². The van der Waals surface area contributed by atoms with Gasteiger partial charge in [0.25, 0.3) is 0 Å². The molecule has 0 unspecified atom stereocenters. The lowest BCUT2D eigenvalue weighted by molar-refractivity contribution is -0.131. The summed E-state index contributed by atoms with van der Waals surface area (Å²) in [4.78, 5) is 19.5. The number of nitrogens with one attached hydrogen (secondary N) is 2. The number of methoxy groups -OCH3 is 1. The summed E-state index contributed by atoms with van der Waals surface area (Å²) in [7, 11) is 1.67. The molecule has 0 fully saturated rings. The molecule has 1 aromatic carbocycles. The lowest BCUT2D eigenvalue weighted by Gasteiger charge is -2.22. The Morgan fingerprint density at radius 3 is 2.58 bits per heavy atom. The monoisotopic (exact) mass is 494 g/mol. The van der Waals surface area contributed by atoms with Crippen molar-refractivity contribution in [2.75, 3.05) is 43.6 Å². The van der Waals surface area contributed by atoms with Crippen molar-refractivity contribution in [2.45, 2.75) is 40.4 Å². The Balaban J connectivity index is 1.51. The van der Waals surface area contributed by atoms with Gasteiger partial charge >= 0.3 is 6.03 Å². The standard InChI is InChI=1S/C26H34N6O4/c1-6-35-24(36-7-2)16-27-26(33)29-23-11-13-32(30-23)22-15-18(4)28-25-20(22)10-12-31(25)21-9-8-19(34-5)14-17(21)3/h8-9,11,13-15,24H,6-7,10,12,16H2,1-5H3,(H2,27,29,30,33). The second kappa shape index (κ2) is 11.4. The number of aryl methyl sites for hydroxylation is 2. The molecule has 1 aliphatic heterocycles. The largest absolute Gasteiger partial charge is 0.497 e. The molecule has 0 atom stereocenters. The fourth-order valence-electron chi connectivity index (χ4n) is 4.35. The van der Waals surface area contributed by atoms with Gasteiger partial charge in [0.05, 0.1) is 19.3 Å². The number of urea groups is 1. The molecule has 10 nitrogen and oxygen atoms in total. The summed E-state index contributed by atoms with van der Waals surface area (Å²) in [5.41, 5.74) is 5.19. The molecule has 2 N–H and O–H groups in total. The van der Waals surface area contributed by atoms with Gasteiger partial charge in [-0.25, -0.2) is 14.5 Å². The van der Waals surface area contributed by atoms with Crippen LogP contribution in [-0.4, -0.2) is 60.5 Å². The van der Waals surface area contributed by atoms with Crippen LogP contribution < -0.4 is 20.3 Å². The Morgan fingerprint density at radius 1 is 1.11 bits per heavy atom. The summed E-state index contributed by atoms with van der Waals surface area (Å²) >= 11 is 0. The molecule has 1 aliphatic rings. The van der Waals surface area contributed by atoms with E-state index in [0.29, 0.717) is 19.0 Å². The van der Waals surface area contributed by atoms with Crippen molar-refractivity contribution in [3.63, 3.8) is 0 Å². The molecule has 192 valence electrons. The maximum absolute atomic E-state index is 12.4. The fraction of sp³-hybridized carbons (Fsp3) is 0.423. The molecule has 10 heteroatoms. The number of pyridine rings is 1. The van der Waals surface area contributed by atoms with Crippen LogP contribution in [0.3, 0.4) is 0 Å². The zero-order valence-corrected chi connectivity index (χ0v) is 21.5. The summed E-state index contributed by atoms with van der Waals surface area (Å²) in [5.74, 6) is 2.21. The molecule has 0 aliphatic carbocycles. The third kappa shape index (κ3) is 5.60. The first-order valence-corrected chi connectivity index (χ1v) is 12.2. The highest BCUT2D eigenvalue weighted by atomic mass is 16.7. The van der Waals surface area contributed by atoms with Crippen LogP contribution in [0.4, 0.5) is 22.1 Å². The van der Waals surface area contributed by atoms with Gasteiger partial charge in [-0.3, -0.25) is 5.32 Å². The van der Waals surface area contributed by atoms with Gasteiger partial charge in [0.1, 0.15) is 11.6 Å². The third-order valence-electron chi connectivity index (χ3n) is 5.95. The number of benzene rings is 1. The number of fused-ring (bicyclic) bond motifs is 1. The molecular formula is C26H34N6O4. The topological polar surface area (TPSA) is 103 Å². The van der Waals surface area contributed by atoms with E-state index in [1.165, 1.54) is 0 Å². The smallest absolute Gasteiger partial charge is 0.320 e. The van der Waals surface area contributed by atoms with Crippen molar-refractivity contribution in [3.8, 4) is 11.4 Å². The molecule has 0 spiro atoms. The van der Waals surface area contributed by atoms with Gasteiger partial charge in [-0.1, -0.05) is 0 Å². The van der Waals surface area contributed by atoms with E-state index >= 15 is 0 Å². The molecule has 2 amide bonds. The summed E-state index contributed by atoms with van der Waals surface area (Å²) in [6.07, 6.45) is 2.20. The minimum atomic E-state index is -0.483. The van der Waals surface area contributed by atoms with E-state index in [-0.39, 0.29) is 12.6 Å². The van der Waals surface area contributed by atoms with Gasteiger partial charge in [0, 0.05) is 49.0 Å². The zero-order valence-electron chi connectivity index (χ0n) is 21.5. The van der Waals surface area contributed by atoms with Crippen LogP contribution in [0, 0.1) is 13.8 Å². The maximum atomic E-state index is 12.4. The average Bonchev–Trinajstić information content (AvgIpc) is 3.49. The Hall–Kier alpha value is -3.63. The number of nitrogens with zero attached hydrogens (tertiary/aromatic N) is 4. The Morgan fingerprint density at radius 2 is 1.89 bits per heavy atom. The first-order valence-electron chi connectivity index (χ1n) is 12.2. The highest BCUT2D eigenvalue weighted by Gasteiger charge is 2.27. The predicted octanol–water partition coefficient (Wildman–Crippen LogP) is 4.11. The predicted molar refractivity (Wildman–Crippen MR) is 139 cm³/mol. The average molecular weight is 495 g/mol. The van der Waals surface area contributed by atoms with Gasteiger partial charge in [-0.2, -0.15) is 0 Å². The quantitative estimate of drug-likeness (QED) is 0.409. The van der Waals surface area contributed by atoms with Crippen molar-refractivity contribution in [1.82, 2.24) is 20.1 Å². The zero-order chi connectivity index (χ0) is 25.7. The summed E-state index contributed by atoms with van der Waals surface area (Å²) in [6, 6.07) is 9.49. The van der Waals surface area contributed by atoms with Crippen LogP contribution >= 0.6 is 0 Å². The number of hydrogen-bond acceptors (Lipinski definition) is 7. The first-order chi connectivity index (χ1) is 17.4. The molecule has 4 rings (SSSR count). The molecule has 36 heavy (non-hydrogen) atoms. The van der Waals surface area contributed by atoms with Crippen LogP contribution in [-0.2, 0) is 15.9 Å². The number of carbonyl (C=O) groups excluding carboxylic acids is 1. The third-order valence-corrected chi connectivity index (χ3v) is 5.95. The first kappa shape index (κ1) is 25.5. The maximum Gasteiger partial charge on any atom is 0.320 e. The summed E-state index contributed by atoms with van der Waals surface area (Å²) in [5, 5.41) is 10.1. The minimum absolute atomic E-state index is 0.242. The molecule has 2 aromatic heterocycles. The molecule has 0 bridgehead atoms. The lowest BCUT2D eigenvalue weighted by atomic mass is 10.1. The van der Waals surface area contributed by atoms with Crippen molar-refractivity contribution in [1.29, 1.82) is 0 Å².